The summed E-state index contributed by atoms with van der Waals surface area (Å²) in [5.41, 5.74) is 0.829. The van der Waals surface area contributed by atoms with Crippen molar-refractivity contribution in [1.82, 2.24) is 0 Å². The first kappa shape index (κ1) is 26.0. The molecule has 0 unspecified atom stereocenters. The van der Waals surface area contributed by atoms with E-state index in [9.17, 15) is 27.6 Å². The average Bonchev–Trinajstić information content (AvgIpc) is 2.87. The van der Waals surface area contributed by atoms with Crippen molar-refractivity contribution in [2.75, 3.05) is 17.7 Å². The standard InChI is InChI=1S/C26H21F3N2O5/c1-35-19-11-7-10-18(16-19)31-24(33)23(17-8-3-2-4-9-17)36-25(34)20-12-5-6-13-21(20)30-15-14-22(32)26(27,28)29/h2-16,23,30H,1H3,(H,31,33)/b15-14+/t23-/m0/s1. The van der Waals surface area contributed by atoms with Gasteiger partial charge in [0.2, 0.25) is 6.10 Å². The molecular weight excluding hydrogens is 477 g/mol. The molecule has 0 aromatic heterocycles. The molecular formula is C26H21F3N2O5. The van der Waals surface area contributed by atoms with Gasteiger partial charge < -0.3 is 20.1 Å². The van der Waals surface area contributed by atoms with Gasteiger partial charge in [-0.15, -0.1) is 0 Å². The third kappa shape index (κ3) is 6.95. The molecule has 3 rings (SSSR count). The van der Waals surface area contributed by atoms with Crippen LogP contribution in [-0.4, -0.2) is 30.9 Å². The van der Waals surface area contributed by atoms with Crippen molar-refractivity contribution in [3.05, 3.63) is 102 Å². The Kier molecular flexibility index (Phi) is 8.45. The second-order valence-electron chi connectivity index (χ2n) is 7.30. The molecule has 0 aliphatic rings. The van der Waals surface area contributed by atoms with Crippen molar-refractivity contribution in [2.24, 2.45) is 0 Å². The lowest BCUT2D eigenvalue weighted by Gasteiger charge is -2.19. The van der Waals surface area contributed by atoms with E-state index in [0.29, 0.717) is 23.1 Å². The Morgan fingerprint density at radius 2 is 1.61 bits per heavy atom. The molecule has 3 aromatic carbocycles. The number of esters is 1. The number of allylic oxidation sites excluding steroid dienone is 1. The Balaban J connectivity index is 1.82. The van der Waals surface area contributed by atoms with E-state index in [1.807, 2.05) is 0 Å². The number of anilines is 2. The van der Waals surface area contributed by atoms with Crippen LogP contribution >= 0.6 is 0 Å². The SMILES string of the molecule is COc1cccc(NC(=O)[C@@H](OC(=O)c2ccccc2N/C=C/C(=O)C(F)(F)F)c2ccccc2)c1. The van der Waals surface area contributed by atoms with Gasteiger partial charge in [0.15, 0.2) is 0 Å². The van der Waals surface area contributed by atoms with Crippen LogP contribution in [0.4, 0.5) is 24.5 Å². The average molecular weight is 498 g/mol. The van der Waals surface area contributed by atoms with Crippen molar-refractivity contribution >= 4 is 29.0 Å². The Labute approximate surface area is 204 Å². The number of nitrogens with one attached hydrogen (secondary N) is 2. The molecule has 0 aliphatic heterocycles. The largest absolute Gasteiger partial charge is 0.497 e. The zero-order valence-corrected chi connectivity index (χ0v) is 18.9. The molecule has 0 saturated carbocycles. The number of benzene rings is 3. The summed E-state index contributed by atoms with van der Waals surface area (Å²) in [4.78, 5) is 37.2. The maximum atomic E-state index is 13.1. The van der Waals surface area contributed by atoms with E-state index in [4.69, 9.17) is 9.47 Å². The smallest absolute Gasteiger partial charge is 0.454 e. The molecule has 0 radical (unpaired) electrons. The van der Waals surface area contributed by atoms with E-state index in [0.717, 1.165) is 6.20 Å². The first-order valence-electron chi connectivity index (χ1n) is 10.5. The Morgan fingerprint density at radius 3 is 2.31 bits per heavy atom. The molecule has 1 amide bonds. The second kappa shape index (κ2) is 11.7. The predicted octanol–water partition coefficient (Wildman–Crippen LogP) is 5.29. The lowest BCUT2D eigenvalue weighted by molar-refractivity contribution is -0.165. The minimum absolute atomic E-state index is 0.0586. The summed E-state index contributed by atoms with van der Waals surface area (Å²) >= 11 is 0. The second-order valence-corrected chi connectivity index (χ2v) is 7.30. The van der Waals surface area contributed by atoms with Crippen molar-refractivity contribution < 1.29 is 37.0 Å². The number of hydrogen-bond donors (Lipinski definition) is 2. The van der Waals surface area contributed by atoms with Crippen molar-refractivity contribution in [3.8, 4) is 5.75 Å². The zero-order valence-electron chi connectivity index (χ0n) is 18.9. The molecule has 36 heavy (non-hydrogen) atoms. The first-order valence-corrected chi connectivity index (χ1v) is 10.5. The molecule has 1 atom stereocenters. The highest BCUT2D eigenvalue weighted by atomic mass is 19.4. The van der Waals surface area contributed by atoms with Crippen LogP contribution in [0.5, 0.6) is 5.75 Å². The number of alkyl halides is 3. The lowest BCUT2D eigenvalue weighted by atomic mass is 10.1. The first-order chi connectivity index (χ1) is 17.2. The molecule has 0 spiro atoms. The van der Waals surface area contributed by atoms with Gasteiger partial charge in [-0.3, -0.25) is 9.59 Å². The molecule has 0 heterocycles. The van der Waals surface area contributed by atoms with E-state index in [1.165, 1.54) is 31.4 Å². The fourth-order valence-electron chi connectivity index (χ4n) is 3.07. The summed E-state index contributed by atoms with van der Waals surface area (Å²) in [6.07, 6.45) is -5.29. The minimum atomic E-state index is -5.02. The fourth-order valence-corrected chi connectivity index (χ4v) is 3.07. The molecule has 0 bridgehead atoms. The Morgan fingerprint density at radius 1 is 0.917 bits per heavy atom. The number of para-hydroxylation sites is 1. The third-order valence-corrected chi connectivity index (χ3v) is 4.80. The number of amides is 1. The van der Waals surface area contributed by atoms with Gasteiger partial charge in [-0.05, 0) is 24.3 Å². The fraction of sp³-hybridized carbons (Fsp3) is 0.115. The molecule has 7 nitrogen and oxygen atoms in total. The van der Waals surface area contributed by atoms with Crippen LogP contribution in [0.2, 0.25) is 0 Å². The van der Waals surface area contributed by atoms with Crippen LogP contribution in [0.1, 0.15) is 22.0 Å². The quantitative estimate of drug-likeness (QED) is 0.308. The molecule has 0 saturated heterocycles. The highest BCUT2D eigenvalue weighted by Crippen LogP contribution is 2.25. The summed E-state index contributed by atoms with van der Waals surface area (Å²) in [7, 11) is 1.48. The number of rotatable bonds is 9. The predicted molar refractivity (Wildman–Crippen MR) is 126 cm³/mol. The monoisotopic (exact) mass is 498 g/mol. The maximum absolute atomic E-state index is 13.1. The number of carbonyl (C=O) groups excluding carboxylic acids is 3. The molecule has 0 aliphatic carbocycles. The Bertz CT molecular complexity index is 1260. The molecule has 0 fully saturated rings. The van der Waals surface area contributed by atoms with Crippen molar-refractivity contribution in [3.63, 3.8) is 0 Å². The molecule has 3 aromatic rings. The number of methoxy groups -OCH3 is 1. The highest BCUT2D eigenvalue weighted by Gasteiger charge is 2.36. The van der Waals surface area contributed by atoms with Crippen LogP contribution < -0.4 is 15.4 Å². The number of carbonyl (C=O) groups is 3. The molecule has 2 N–H and O–H groups in total. The van der Waals surface area contributed by atoms with Gasteiger partial charge >= 0.3 is 12.1 Å². The van der Waals surface area contributed by atoms with E-state index in [1.54, 1.807) is 54.6 Å². The number of halogens is 3. The maximum Gasteiger partial charge on any atom is 0.454 e. The van der Waals surface area contributed by atoms with Crippen LogP contribution in [0.25, 0.3) is 0 Å². The summed E-state index contributed by atoms with van der Waals surface area (Å²) in [5, 5.41) is 5.16. The van der Waals surface area contributed by atoms with E-state index >= 15 is 0 Å². The van der Waals surface area contributed by atoms with Crippen LogP contribution in [0.3, 0.4) is 0 Å². The van der Waals surface area contributed by atoms with Crippen molar-refractivity contribution in [1.29, 1.82) is 0 Å². The van der Waals surface area contributed by atoms with Gasteiger partial charge in [0, 0.05) is 29.6 Å². The highest BCUT2D eigenvalue weighted by molar-refractivity contribution is 6.00. The number of ether oxygens (including phenoxy) is 2. The topological polar surface area (TPSA) is 93.7 Å². The minimum Gasteiger partial charge on any atom is -0.497 e. The normalized spacial score (nSPS) is 12.0. The van der Waals surface area contributed by atoms with E-state index in [-0.39, 0.29) is 11.3 Å². The molecule has 186 valence electrons. The van der Waals surface area contributed by atoms with Crippen LogP contribution in [0.15, 0.2) is 91.1 Å². The summed E-state index contributed by atoms with van der Waals surface area (Å²) in [6, 6.07) is 20.7. The number of hydrogen-bond acceptors (Lipinski definition) is 6. The van der Waals surface area contributed by atoms with Crippen LogP contribution in [0, 0.1) is 0 Å². The van der Waals surface area contributed by atoms with Crippen LogP contribution in [-0.2, 0) is 14.3 Å². The summed E-state index contributed by atoms with van der Waals surface area (Å²) in [6.45, 7) is 0. The van der Waals surface area contributed by atoms with Gasteiger partial charge in [-0.1, -0.05) is 48.5 Å². The van der Waals surface area contributed by atoms with Gasteiger partial charge in [0.1, 0.15) is 5.75 Å². The lowest BCUT2D eigenvalue weighted by Crippen LogP contribution is -2.26. The van der Waals surface area contributed by atoms with Gasteiger partial charge in [0.05, 0.1) is 18.4 Å². The van der Waals surface area contributed by atoms with Gasteiger partial charge in [-0.2, -0.15) is 13.2 Å². The third-order valence-electron chi connectivity index (χ3n) is 4.80. The van der Waals surface area contributed by atoms with Crippen molar-refractivity contribution in [2.45, 2.75) is 12.3 Å². The van der Waals surface area contributed by atoms with E-state index in [2.05, 4.69) is 10.6 Å². The van der Waals surface area contributed by atoms with E-state index < -0.39 is 29.9 Å². The number of ketones is 1. The van der Waals surface area contributed by atoms with Gasteiger partial charge in [-0.25, -0.2) is 4.79 Å². The molecule has 10 heteroatoms. The summed E-state index contributed by atoms with van der Waals surface area (Å²) in [5.74, 6) is -3.10. The zero-order chi connectivity index (χ0) is 26.1. The van der Waals surface area contributed by atoms with Gasteiger partial charge in [0.25, 0.3) is 11.7 Å². The summed E-state index contributed by atoms with van der Waals surface area (Å²) < 4.78 is 47.9. The Hall–Kier alpha value is -4.60.